The van der Waals surface area contributed by atoms with Crippen molar-refractivity contribution < 1.29 is 9.59 Å². The lowest BCUT2D eigenvalue weighted by Gasteiger charge is -2.19. The molecule has 0 fully saturated rings. The lowest BCUT2D eigenvalue weighted by Crippen LogP contribution is -2.32. The number of fused-ring (bicyclic) bond motifs is 1. The van der Waals surface area contributed by atoms with Crippen LogP contribution in [0.3, 0.4) is 0 Å². The minimum absolute atomic E-state index is 0.250. The zero-order valence-electron chi connectivity index (χ0n) is 29.2. The van der Waals surface area contributed by atoms with Crippen molar-refractivity contribution in [2.24, 2.45) is 20.3 Å². The number of H-pyrrole nitrogens is 1. The number of aryl methyl sites for hydroxylation is 1. The van der Waals surface area contributed by atoms with Crippen molar-refractivity contribution >= 4 is 51.8 Å². The molecule has 2 amide bonds. The van der Waals surface area contributed by atoms with Gasteiger partial charge in [0.05, 0.1) is 17.1 Å². The summed E-state index contributed by atoms with van der Waals surface area (Å²) in [5.41, 5.74) is 10.7. The van der Waals surface area contributed by atoms with E-state index in [1.807, 2.05) is 153 Å². The lowest BCUT2D eigenvalue weighted by molar-refractivity contribution is -0.113. The maximum Gasteiger partial charge on any atom is 0.282 e. The summed E-state index contributed by atoms with van der Waals surface area (Å²) >= 11 is 0. The van der Waals surface area contributed by atoms with Crippen LogP contribution in [0.4, 0.5) is 11.4 Å². The third-order valence-corrected chi connectivity index (χ3v) is 9.03. The highest BCUT2D eigenvalue weighted by molar-refractivity contribution is 6.33. The van der Waals surface area contributed by atoms with Gasteiger partial charge in [0.1, 0.15) is 11.5 Å². The van der Waals surface area contributed by atoms with E-state index in [1.165, 1.54) is 0 Å². The number of aromatic amines is 1. The van der Waals surface area contributed by atoms with E-state index in [0.717, 1.165) is 38.9 Å². The van der Waals surface area contributed by atoms with Gasteiger partial charge in [-0.1, -0.05) is 127 Å². The monoisotopic (exact) mass is 703 g/mol. The van der Waals surface area contributed by atoms with Crippen LogP contribution in [-0.2, 0) is 4.79 Å². The number of anilines is 1. The molecule has 9 heteroatoms. The number of aliphatic imine (C=N–C) groups is 1. The van der Waals surface area contributed by atoms with E-state index in [1.54, 1.807) is 29.2 Å². The highest BCUT2D eigenvalue weighted by Crippen LogP contribution is 2.35. The van der Waals surface area contributed by atoms with E-state index in [0.29, 0.717) is 34.0 Å². The lowest BCUT2D eigenvalue weighted by atomic mass is 10.0. The number of hydrogen-bond acceptors (Lipinski definition) is 5. The molecule has 260 valence electrons. The zero-order valence-corrected chi connectivity index (χ0v) is 29.2. The van der Waals surface area contributed by atoms with Crippen molar-refractivity contribution in [2.75, 3.05) is 4.90 Å². The van der Waals surface area contributed by atoms with Crippen molar-refractivity contribution in [3.8, 4) is 11.3 Å². The van der Waals surface area contributed by atoms with E-state index in [2.05, 4.69) is 25.7 Å². The highest BCUT2D eigenvalue weighted by Gasteiger charge is 2.33. The quantitative estimate of drug-likeness (QED) is 0.0539. The fraction of sp³-hybridized carbons (Fsp3) is 0.0222. The minimum atomic E-state index is -0.445. The molecule has 0 bridgehead atoms. The Morgan fingerprint density at radius 2 is 1.33 bits per heavy atom. The van der Waals surface area contributed by atoms with Gasteiger partial charge in [0.2, 0.25) is 5.84 Å². The fourth-order valence-electron chi connectivity index (χ4n) is 6.26. The summed E-state index contributed by atoms with van der Waals surface area (Å²) in [5, 5.41) is 14.1. The Kier molecular flexibility index (Phi) is 9.33. The van der Waals surface area contributed by atoms with Gasteiger partial charge in [-0.05, 0) is 60.5 Å². The standard InChI is InChI=1S/C45H33N7O2/c1-30-15-11-13-23-38(30)48-49-42(32-18-7-3-8-19-32)50-51-44(53)34-25-27-35(28-26-34)52-43(33-20-9-4-10-21-33)47-40(45(52)54)29-37-36-22-12-14-24-39(36)46-41(37)31-16-5-2-6-17-31/h2-29,46H,1H3,(H,51,53)/b40-29-,49-48?,50-42-. The second-order valence-corrected chi connectivity index (χ2v) is 12.6. The zero-order chi connectivity index (χ0) is 36.9. The first-order chi connectivity index (χ1) is 26.5. The predicted octanol–water partition coefficient (Wildman–Crippen LogP) is 9.85. The molecule has 0 saturated carbocycles. The van der Waals surface area contributed by atoms with Crippen LogP contribution in [0.15, 0.2) is 190 Å². The number of benzene rings is 6. The summed E-state index contributed by atoms with van der Waals surface area (Å²) < 4.78 is 0. The molecule has 2 N–H and O–H groups in total. The molecule has 6 aromatic carbocycles. The van der Waals surface area contributed by atoms with Gasteiger partial charge in [-0.15, -0.1) is 15.3 Å². The maximum atomic E-state index is 14.3. The molecule has 9 nitrogen and oxygen atoms in total. The van der Waals surface area contributed by atoms with Gasteiger partial charge in [0, 0.05) is 33.2 Å². The SMILES string of the molecule is Cc1ccccc1N=N/C(=N\NC(=O)c1ccc(N2C(=O)/C(=C/c3c(-c4ccccc4)[nH]c4ccccc34)N=C2c2ccccc2)cc1)c1ccccc1. The third kappa shape index (κ3) is 6.89. The second-order valence-electron chi connectivity index (χ2n) is 12.6. The molecule has 0 radical (unpaired) electrons. The number of carbonyl (C=O) groups is 2. The summed E-state index contributed by atoms with van der Waals surface area (Å²) in [6, 6.07) is 51.3. The van der Waals surface area contributed by atoms with Gasteiger partial charge in [0.15, 0.2) is 0 Å². The second kappa shape index (κ2) is 15.0. The van der Waals surface area contributed by atoms with Crippen molar-refractivity contribution in [2.45, 2.75) is 6.92 Å². The Bertz CT molecular complexity index is 2610. The molecule has 0 saturated heterocycles. The first kappa shape index (κ1) is 33.6. The van der Waals surface area contributed by atoms with Crippen molar-refractivity contribution in [3.05, 3.63) is 197 Å². The summed E-state index contributed by atoms with van der Waals surface area (Å²) in [7, 11) is 0. The number of para-hydroxylation sites is 1. The number of nitrogens with zero attached hydrogens (tertiary/aromatic N) is 5. The molecule has 1 aliphatic heterocycles. The van der Waals surface area contributed by atoms with E-state index in [4.69, 9.17) is 4.99 Å². The fourth-order valence-corrected chi connectivity index (χ4v) is 6.26. The molecule has 7 aromatic rings. The summed E-state index contributed by atoms with van der Waals surface area (Å²) in [6.45, 7) is 1.95. The van der Waals surface area contributed by atoms with E-state index >= 15 is 0 Å². The number of nitrogens with one attached hydrogen (secondary N) is 2. The van der Waals surface area contributed by atoms with Gasteiger partial charge < -0.3 is 4.98 Å². The van der Waals surface area contributed by atoms with Crippen molar-refractivity contribution in [1.29, 1.82) is 0 Å². The molecular formula is C45H33N7O2. The molecule has 2 heterocycles. The minimum Gasteiger partial charge on any atom is -0.354 e. The topological polar surface area (TPSA) is 115 Å². The number of rotatable bonds is 8. The van der Waals surface area contributed by atoms with Gasteiger partial charge >= 0.3 is 0 Å². The number of hydrogen-bond donors (Lipinski definition) is 2. The molecular weight excluding hydrogens is 671 g/mol. The van der Waals surface area contributed by atoms with Crippen LogP contribution in [0, 0.1) is 6.92 Å². The van der Waals surface area contributed by atoms with Crippen LogP contribution >= 0.6 is 0 Å². The smallest absolute Gasteiger partial charge is 0.282 e. The Morgan fingerprint density at radius 1 is 0.704 bits per heavy atom. The van der Waals surface area contributed by atoms with Crippen LogP contribution in [-0.4, -0.2) is 28.5 Å². The van der Waals surface area contributed by atoms with Gasteiger partial charge in [0.25, 0.3) is 11.8 Å². The largest absolute Gasteiger partial charge is 0.354 e. The maximum absolute atomic E-state index is 14.3. The van der Waals surface area contributed by atoms with Crippen LogP contribution < -0.4 is 10.3 Å². The van der Waals surface area contributed by atoms with Crippen LogP contribution in [0.2, 0.25) is 0 Å². The Morgan fingerprint density at radius 3 is 2.06 bits per heavy atom. The number of hydrazone groups is 1. The number of aromatic nitrogens is 1. The number of azo groups is 1. The first-order valence-electron chi connectivity index (χ1n) is 17.4. The molecule has 1 aromatic heterocycles. The van der Waals surface area contributed by atoms with Gasteiger partial charge in [-0.3, -0.25) is 14.5 Å². The van der Waals surface area contributed by atoms with Crippen molar-refractivity contribution in [3.63, 3.8) is 0 Å². The molecule has 0 unspecified atom stereocenters. The molecule has 54 heavy (non-hydrogen) atoms. The van der Waals surface area contributed by atoms with E-state index in [9.17, 15) is 9.59 Å². The van der Waals surface area contributed by atoms with Gasteiger partial charge in [-0.25, -0.2) is 10.4 Å². The van der Waals surface area contributed by atoms with Crippen LogP contribution in [0.25, 0.3) is 28.2 Å². The average molecular weight is 704 g/mol. The summed E-state index contributed by atoms with van der Waals surface area (Å²) in [5.74, 6) is 0.00649. The summed E-state index contributed by atoms with van der Waals surface area (Å²) in [6.07, 6.45) is 1.85. The van der Waals surface area contributed by atoms with Crippen LogP contribution in [0.5, 0.6) is 0 Å². The van der Waals surface area contributed by atoms with Gasteiger partial charge in [-0.2, -0.15) is 0 Å². The Hall–Kier alpha value is -7.52. The number of amidine groups is 2. The number of amides is 2. The molecule has 0 spiro atoms. The molecule has 8 rings (SSSR count). The van der Waals surface area contributed by atoms with E-state index in [-0.39, 0.29) is 11.7 Å². The van der Waals surface area contributed by atoms with Crippen molar-refractivity contribution in [1.82, 2.24) is 10.4 Å². The van der Waals surface area contributed by atoms with E-state index < -0.39 is 5.91 Å². The van der Waals surface area contributed by atoms with Crippen LogP contribution in [0.1, 0.15) is 32.6 Å². The molecule has 1 aliphatic rings. The summed E-state index contributed by atoms with van der Waals surface area (Å²) in [4.78, 5) is 37.7. The number of carbonyl (C=O) groups excluding carboxylic acids is 2. The highest BCUT2D eigenvalue weighted by atomic mass is 16.2. The average Bonchev–Trinajstić information content (AvgIpc) is 3.76. The Labute approximate surface area is 311 Å². The Balaban J connectivity index is 1.10. The molecule has 0 aliphatic carbocycles. The first-order valence-corrected chi connectivity index (χ1v) is 17.4. The predicted molar refractivity (Wildman–Crippen MR) is 215 cm³/mol. The third-order valence-electron chi connectivity index (χ3n) is 9.03. The molecule has 0 atom stereocenters. The normalized spacial score (nSPS) is 13.9.